The zero-order valence-electron chi connectivity index (χ0n) is 10.9. The third-order valence-electron chi connectivity index (χ3n) is 2.43. The molecule has 0 heterocycles. The molecule has 1 rings (SSSR count). The molecule has 0 atom stereocenters. The smallest absolute Gasteiger partial charge is 0.224 e. The van der Waals surface area contributed by atoms with Gasteiger partial charge in [-0.1, -0.05) is 32.0 Å². The van der Waals surface area contributed by atoms with Crippen LogP contribution in [0.1, 0.15) is 19.4 Å². The summed E-state index contributed by atoms with van der Waals surface area (Å²) >= 11 is 0. The number of carbonyl (C=O) groups excluding carboxylic acids is 1. The molecule has 0 aliphatic heterocycles. The molecule has 100 valence electrons. The minimum absolute atomic E-state index is 0.0932. The van der Waals surface area contributed by atoms with E-state index in [2.05, 4.69) is 5.32 Å². The van der Waals surface area contributed by atoms with Gasteiger partial charge >= 0.3 is 0 Å². The lowest BCUT2D eigenvalue weighted by Gasteiger charge is -2.10. The molecule has 0 aliphatic rings. The van der Waals surface area contributed by atoms with Crippen LogP contribution in [-0.2, 0) is 21.1 Å². The van der Waals surface area contributed by atoms with Gasteiger partial charge in [0.05, 0.1) is 11.3 Å². The molecule has 1 amide bonds. The molecule has 1 aromatic rings. The number of rotatable bonds is 5. The van der Waals surface area contributed by atoms with E-state index in [1.807, 2.05) is 13.8 Å². The SMILES string of the molecule is CC(C)CNC(=O)Cc1ccccc1S(C)(=O)=O. The summed E-state index contributed by atoms with van der Waals surface area (Å²) in [6.07, 6.45) is 1.24. The molecule has 1 aromatic carbocycles. The van der Waals surface area contributed by atoms with Crippen LogP contribution < -0.4 is 5.32 Å². The number of benzene rings is 1. The summed E-state index contributed by atoms with van der Waals surface area (Å²) in [5.74, 6) is 0.221. The maximum Gasteiger partial charge on any atom is 0.224 e. The van der Waals surface area contributed by atoms with Crippen LogP contribution in [0.5, 0.6) is 0 Å². The molecule has 0 aliphatic carbocycles. The highest BCUT2D eigenvalue weighted by Crippen LogP contribution is 2.15. The van der Waals surface area contributed by atoms with Crippen LogP contribution >= 0.6 is 0 Å². The van der Waals surface area contributed by atoms with Crippen LogP contribution in [-0.4, -0.2) is 27.1 Å². The summed E-state index contributed by atoms with van der Waals surface area (Å²) in [5, 5.41) is 2.78. The average molecular weight is 269 g/mol. The monoisotopic (exact) mass is 269 g/mol. The van der Waals surface area contributed by atoms with Crippen LogP contribution in [0.15, 0.2) is 29.2 Å². The molecule has 0 radical (unpaired) electrons. The number of nitrogens with one attached hydrogen (secondary N) is 1. The van der Waals surface area contributed by atoms with E-state index < -0.39 is 9.84 Å². The normalized spacial score (nSPS) is 11.6. The van der Waals surface area contributed by atoms with Gasteiger partial charge in [0.1, 0.15) is 0 Å². The van der Waals surface area contributed by atoms with E-state index in [4.69, 9.17) is 0 Å². The van der Waals surface area contributed by atoms with Gasteiger partial charge in [-0.2, -0.15) is 0 Å². The number of sulfone groups is 1. The van der Waals surface area contributed by atoms with Gasteiger partial charge in [-0.25, -0.2) is 8.42 Å². The number of carbonyl (C=O) groups is 1. The maximum absolute atomic E-state index is 11.7. The van der Waals surface area contributed by atoms with Gasteiger partial charge in [-0.05, 0) is 17.5 Å². The first-order valence-electron chi connectivity index (χ1n) is 5.85. The van der Waals surface area contributed by atoms with Crippen molar-refractivity contribution in [2.75, 3.05) is 12.8 Å². The van der Waals surface area contributed by atoms with E-state index in [0.29, 0.717) is 18.0 Å². The van der Waals surface area contributed by atoms with Crippen LogP contribution in [0.2, 0.25) is 0 Å². The molecule has 0 unspecified atom stereocenters. The Kier molecular flexibility index (Phi) is 4.90. The molecule has 0 bridgehead atoms. The summed E-state index contributed by atoms with van der Waals surface area (Å²) in [7, 11) is -3.29. The Morgan fingerprint density at radius 1 is 1.28 bits per heavy atom. The molecule has 18 heavy (non-hydrogen) atoms. The van der Waals surface area contributed by atoms with Gasteiger partial charge in [0.2, 0.25) is 5.91 Å². The summed E-state index contributed by atoms with van der Waals surface area (Å²) in [6, 6.07) is 6.59. The minimum Gasteiger partial charge on any atom is -0.356 e. The Balaban J connectivity index is 2.82. The zero-order valence-corrected chi connectivity index (χ0v) is 11.8. The molecular weight excluding hydrogens is 250 g/mol. The molecule has 0 spiro atoms. The second kappa shape index (κ2) is 6.00. The van der Waals surface area contributed by atoms with Crippen molar-refractivity contribution >= 4 is 15.7 Å². The first kappa shape index (κ1) is 14.7. The van der Waals surface area contributed by atoms with Crippen molar-refractivity contribution < 1.29 is 13.2 Å². The predicted octanol–water partition coefficient (Wildman–Crippen LogP) is 1.40. The Morgan fingerprint density at radius 3 is 2.44 bits per heavy atom. The largest absolute Gasteiger partial charge is 0.356 e. The minimum atomic E-state index is -3.29. The van der Waals surface area contributed by atoms with Gasteiger partial charge in [0.25, 0.3) is 0 Å². The average Bonchev–Trinajstić information content (AvgIpc) is 2.25. The lowest BCUT2D eigenvalue weighted by atomic mass is 10.1. The third kappa shape index (κ3) is 4.49. The van der Waals surface area contributed by atoms with Gasteiger partial charge in [0, 0.05) is 12.8 Å². The lowest BCUT2D eigenvalue weighted by molar-refractivity contribution is -0.120. The van der Waals surface area contributed by atoms with Crippen molar-refractivity contribution in [3.05, 3.63) is 29.8 Å². The highest BCUT2D eigenvalue weighted by Gasteiger charge is 2.14. The van der Waals surface area contributed by atoms with Crippen molar-refractivity contribution in [2.45, 2.75) is 25.2 Å². The fourth-order valence-corrected chi connectivity index (χ4v) is 2.51. The first-order valence-corrected chi connectivity index (χ1v) is 7.74. The molecule has 0 fully saturated rings. The van der Waals surface area contributed by atoms with Gasteiger partial charge in [-0.15, -0.1) is 0 Å². The van der Waals surface area contributed by atoms with E-state index in [1.54, 1.807) is 18.2 Å². The molecule has 1 N–H and O–H groups in total. The highest BCUT2D eigenvalue weighted by molar-refractivity contribution is 7.90. The summed E-state index contributed by atoms with van der Waals surface area (Å²) < 4.78 is 23.1. The van der Waals surface area contributed by atoms with E-state index in [-0.39, 0.29) is 17.2 Å². The van der Waals surface area contributed by atoms with E-state index >= 15 is 0 Å². The predicted molar refractivity (Wildman–Crippen MR) is 71.1 cm³/mol. The van der Waals surface area contributed by atoms with Crippen molar-refractivity contribution in [1.29, 1.82) is 0 Å². The van der Waals surface area contributed by atoms with Gasteiger partial charge in [0.15, 0.2) is 9.84 Å². The second-order valence-corrected chi connectivity index (χ2v) is 6.74. The van der Waals surface area contributed by atoms with Crippen LogP contribution in [0.25, 0.3) is 0 Å². The van der Waals surface area contributed by atoms with Crippen molar-refractivity contribution in [1.82, 2.24) is 5.32 Å². The zero-order chi connectivity index (χ0) is 13.8. The number of amides is 1. The Morgan fingerprint density at radius 2 is 1.89 bits per heavy atom. The summed E-state index contributed by atoms with van der Waals surface area (Å²) in [5.41, 5.74) is 0.543. The maximum atomic E-state index is 11.7. The Hall–Kier alpha value is -1.36. The first-order chi connectivity index (χ1) is 8.30. The third-order valence-corrected chi connectivity index (χ3v) is 3.63. The fourth-order valence-electron chi connectivity index (χ4n) is 1.57. The van der Waals surface area contributed by atoms with Crippen LogP contribution in [0, 0.1) is 5.92 Å². The number of hydrogen-bond acceptors (Lipinski definition) is 3. The van der Waals surface area contributed by atoms with Crippen molar-refractivity contribution in [3.63, 3.8) is 0 Å². The van der Waals surface area contributed by atoms with Gasteiger partial charge < -0.3 is 5.32 Å². The van der Waals surface area contributed by atoms with E-state index in [9.17, 15) is 13.2 Å². The molecule has 4 nitrogen and oxygen atoms in total. The molecule has 0 saturated carbocycles. The molecule has 5 heteroatoms. The fraction of sp³-hybridized carbons (Fsp3) is 0.462. The van der Waals surface area contributed by atoms with Crippen molar-refractivity contribution in [2.24, 2.45) is 5.92 Å². The van der Waals surface area contributed by atoms with E-state index in [0.717, 1.165) is 6.26 Å². The molecule has 0 aromatic heterocycles. The van der Waals surface area contributed by atoms with E-state index in [1.165, 1.54) is 6.07 Å². The Labute approximate surface area is 108 Å². The molecule has 0 saturated heterocycles. The van der Waals surface area contributed by atoms with Crippen molar-refractivity contribution in [3.8, 4) is 0 Å². The second-order valence-electron chi connectivity index (χ2n) is 4.75. The Bertz CT molecular complexity index is 521. The summed E-state index contributed by atoms with van der Waals surface area (Å²) in [4.78, 5) is 11.9. The topological polar surface area (TPSA) is 63.2 Å². The molecular formula is C13H19NO3S. The van der Waals surface area contributed by atoms with Crippen LogP contribution in [0.3, 0.4) is 0 Å². The lowest BCUT2D eigenvalue weighted by Crippen LogP contribution is -2.29. The van der Waals surface area contributed by atoms with Crippen LogP contribution in [0.4, 0.5) is 0 Å². The standard InChI is InChI=1S/C13H19NO3S/c1-10(2)9-14-13(15)8-11-6-4-5-7-12(11)18(3,16)17/h4-7,10H,8-9H2,1-3H3,(H,14,15). The highest BCUT2D eigenvalue weighted by atomic mass is 32.2. The van der Waals surface area contributed by atoms with Gasteiger partial charge in [-0.3, -0.25) is 4.79 Å². The number of hydrogen-bond donors (Lipinski definition) is 1. The summed E-state index contributed by atoms with van der Waals surface area (Å²) in [6.45, 7) is 4.61. The quantitative estimate of drug-likeness (QED) is 0.879.